The van der Waals surface area contributed by atoms with Crippen LogP contribution >= 0.6 is 24.0 Å². The summed E-state index contributed by atoms with van der Waals surface area (Å²) in [6, 6.07) is 8.82. The fraction of sp³-hybridized carbons (Fsp3) is 0.591. The maximum Gasteiger partial charge on any atom is 0.191 e. The highest BCUT2D eigenvalue weighted by molar-refractivity contribution is 14.0. The highest BCUT2D eigenvalue weighted by Crippen LogP contribution is 2.20. The SMILES string of the molecule is CN=C(NCc1ccc(N2CC=CC2)cc1)NCC(C)(C)N1CCCCC1.I. The van der Waals surface area contributed by atoms with Crippen LogP contribution in [0.4, 0.5) is 5.69 Å². The first-order valence-electron chi connectivity index (χ1n) is 10.3. The van der Waals surface area contributed by atoms with Crippen molar-refractivity contribution in [1.82, 2.24) is 15.5 Å². The van der Waals surface area contributed by atoms with Crippen LogP contribution in [0.25, 0.3) is 0 Å². The molecular formula is C22H36IN5. The third-order valence-corrected chi connectivity index (χ3v) is 5.70. The van der Waals surface area contributed by atoms with Gasteiger partial charge in [-0.15, -0.1) is 24.0 Å². The second-order valence-corrected chi connectivity index (χ2v) is 8.18. The summed E-state index contributed by atoms with van der Waals surface area (Å²) >= 11 is 0. The number of hydrogen-bond acceptors (Lipinski definition) is 3. The summed E-state index contributed by atoms with van der Waals surface area (Å²) < 4.78 is 0. The number of nitrogens with zero attached hydrogens (tertiary/aromatic N) is 3. The van der Waals surface area contributed by atoms with Gasteiger partial charge in [0.25, 0.3) is 0 Å². The summed E-state index contributed by atoms with van der Waals surface area (Å²) in [5, 5.41) is 6.96. The number of guanidine groups is 1. The molecule has 0 unspecified atom stereocenters. The van der Waals surface area contributed by atoms with Crippen LogP contribution in [-0.4, -0.2) is 56.2 Å². The van der Waals surface area contributed by atoms with E-state index < -0.39 is 0 Å². The van der Waals surface area contributed by atoms with Crippen LogP contribution < -0.4 is 15.5 Å². The van der Waals surface area contributed by atoms with E-state index in [-0.39, 0.29) is 29.5 Å². The first-order valence-corrected chi connectivity index (χ1v) is 10.3. The Hall–Kier alpha value is -1.28. The zero-order chi connectivity index (χ0) is 19.1. The Labute approximate surface area is 187 Å². The van der Waals surface area contributed by atoms with E-state index in [1.54, 1.807) is 0 Å². The molecule has 28 heavy (non-hydrogen) atoms. The summed E-state index contributed by atoms with van der Waals surface area (Å²) in [6.45, 7) is 10.8. The van der Waals surface area contributed by atoms with Gasteiger partial charge in [-0.25, -0.2) is 0 Å². The third-order valence-electron chi connectivity index (χ3n) is 5.70. The molecule has 0 bridgehead atoms. The summed E-state index contributed by atoms with van der Waals surface area (Å²) in [5.74, 6) is 0.868. The number of hydrogen-bond donors (Lipinski definition) is 2. The monoisotopic (exact) mass is 497 g/mol. The molecule has 0 saturated carbocycles. The van der Waals surface area contributed by atoms with Crippen LogP contribution in [-0.2, 0) is 6.54 Å². The van der Waals surface area contributed by atoms with Gasteiger partial charge in [0, 0.05) is 44.5 Å². The molecule has 0 amide bonds. The quantitative estimate of drug-likeness (QED) is 0.273. The second kappa shape index (κ2) is 11.0. The van der Waals surface area contributed by atoms with Crippen LogP contribution in [0.5, 0.6) is 0 Å². The van der Waals surface area contributed by atoms with Crippen LogP contribution in [0, 0.1) is 0 Å². The Morgan fingerprint density at radius 1 is 1.00 bits per heavy atom. The molecule has 156 valence electrons. The minimum Gasteiger partial charge on any atom is -0.364 e. The number of rotatable bonds is 6. The van der Waals surface area contributed by atoms with Gasteiger partial charge in [0.2, 0.25) is 0 Å². The first kappa shape index (κ1) is 23.0. The smallest absolute Gasteiger partial charge is 0.191 e. The van der Waals surface area contributed by atoms with Crippen molar-refractivity contribution in [2.24, 2.45) is 4.99 Å². The predicted molar refractivity (Wildman–Crippen MR) is 131 cm³/mol. The number of anilines is 1. The maximum absolute atomic E-state index is 4.39. The Bertz CT molecular complexity index is 639. The first-order chi connectivity index (χ1) is 13.1. The lowest BCUT2D eigenvalue weighted by atomic mass is 9.98. The molecule has 5 nitrogen and oxygen atoms in total. The van der Waals surface area contributed by atoms with E-state index >= 15 is 0 Å². The topological polar surface area (TPSA) is 42.9 Å². The number of benzene rings is 1. The molecule has 1 saturated heterocycles. The molecule has 0 spiro atoms. The molecule has 3 rings (SSSR count). The predicted octanol–water partition coefficient (Wildman–Crippen LogP) is 3.61. The standard InChI is InChI=1S/C22H35N5.HI/c1-22(2,27-15-5-4-6-16-27)18-25-21(23-3)24-17-19-9-11-20(12-10-19)26-13-7-8-14-26;/h7-12H,4-6,13-18H2,1-3H3,(H2,23,24,25);1H. The Kier molecular flexibility index (Phi) is 9.08. The maximum atomic E-state index is 4.39. The molecule has 1 aromatic carbocycles. The van der Waals surface area contributed by atoms with E-state index in [1.165, 1.54) is 43.6 Å². The number of halogens is 1. The molecule has 0 aromatic heterocycles. The highest BCUT2D eigenvalue weighted by Gasteiger charge is 2.27. The van der Waals surface area contributed by atoms with Gasteiger partial charge in [0.1, 0.15) is 0 Å². The Morgan fingerprint density at radius 2 is 1.64 bits per heavy atom. The normalized spacial score (nSPS) is 18.1. The summed E-state index contributed by atoms with van der Waals surface area (Å²) in [6.07, 6.45) is 8.45. The molecule has 0 radical (unpaired) electrons. The van der Waals surface area contributed by atoms with Crippen LogP contribution in [0.2, 0.25) is 0 Å². The van der Waals surface area contributed by atoms with E-state index in [0.717, 1.165) is 32.1 Å². The van der Waals surface area contributed by atoms with E-state index in [0.29, 0.717) is 0 Å². The molecule has 2 N–H and O–H groups in total. The van der Waals surface area contributed by atoms with Crippen LogP contribution in [0.1, 0.15) is 38.7 Å². The van der Waals surface area contributed by atoms with Gasteiger partial charge in [0.05, 0.1) is 0 Å². The summed E-state index contributed by atoms with van der Waals surface area (Å²) in [4.78, 5) is 9.35. The van der Waals surface area contributed by atoms with Gasteiger partial charge in [-0.05, 0) is 57.5 Å². The van der Waals surface area contributed by atoms with Crippen molar-refractivity contribution in [3.8, 4) is 0 Å². The molecule has 6 heteroatoms. The lowest BCUT2D eigenvalue weighted by molar-refractivity contribution is 0.0982. The molecule has 2 aliphatic heterocycles. The lowest BCUT2D eigenvalue weighted by Crippen LogP contribution is -2.54. The number of aliphatic imine (C=N–C) groups is 1. The van der Waals surface area contributed by atoms with Crippen molar-refractivity contribution in [3.05, 3.63) is 42.0 Å². The summed E-state index contributed by atoms with van der Waals surface area (Å²) in [5.41, 5.74) is 2.70. The van der Waals surface area contributed by atoms with Crippen molar-refractivity contribution < 1.29 is 0 Å². The van der Waals surface area contributed by atoms with Crippen LogP contribution in [0.15, 0.2) is 41.4 Å². The Balaban J connectivity index is 0.00000280. The molecule has 1 aromatic rings. The molecular weight excluding hydrogens is 461 g/mol. The highest BCUT2D eigenvalue weighted by atomic mass is 127. The summed E-state index contributed by atoms with van der Waals surface area (Å²) in [7, 11) is 1.84. The minimum atomic E-state index is 0. The molecule has 0 atom stereocenters. The molecule has 2 heterocycles. The average molecular weight is 497 g/mol. The van der Waals surface area contributed by atoms with Crippen molar-refractivity contribution in [3.63, 3.8) is 0 Å². The average Bonchev–Trinajstić information content (AvgIpc) is 3.24. The molecule has 1 fully saturated rings. The van der Waals surface area contributed by atoms with Gasteiger partial charge >= 0.3 is 0 Å². The van der Waals surface area contributed by atoms with Crippen molar-refractivity contribution in [2.45, 2.75) is 45.2 Å². The van der Waals surface area contributed by atoms with E-state index in [4.69, 9.17) is 0 Å². The zero-order valence-corrected chi connectivity index (χ0v) is 19.9. The zero-order valence-electron chi connectivity index (χ0n) is 17.6. The molecule has 2 aliphatic rings. The number of likely N-dealkylation sites (tertiary alicyclic amines) is 1. The fourth-order valence-electron chi connectivity index (χ4n) is 3.83. The minimum absolute atomic E-state index is 0. The van der Waals surface area contributed by atoms with Gasteiger partial charge in [-0.2, -0.15) is 0 Å². The van der Waals surface area contributed by atoms with Gasteiger partial charge in [-0.1, -0.05) is 30.7 Å². The van der Waals surface area contributed by atoms with Gasteiger partial charge < -0.3 is 15.5 Å². The Morgan fingerprint density at radius 3 is 2.25 bits per heavy atom. The fourth-order valence-corrected chi connectivity index (χ4v) is 3.83. The molecule has 0 aliphatic carbocycles. The largest absolute Gasteiger partial charge is 0.364 e. The van der Waals surface area contributed by atoms with Crippen LogP contribution in [0.3, 0.4) is 0 Å². The van der Waals surface area contributed by atoms with Crippen molar-refractivity contribution >= 4 is 35.6 Å². The van der Waals surface area contributed by atoms with Gasteiger partial charge in [-0.3, -0.25) is 9.89 Å². The number of piperidine rings is 1. The lowest BCUT2D eigenvalue weighted by Gasteiger charge is -2.41. The van der Waals surface area contributed by atoms with E-state index in [2.05, 4.69) is 75.7 Å². The van der Waals surface area contributed by atoms with E-state index in [1.807, 2.05) is 7.05 Å². The van der Waals surface area contributed by atoms with Gasteiger partial charge in [0.15, 0.2) is 5.96 Å². The third kappa shape index (κ3) is 6.37. The van der Waals surface area contributed by atoms with Crippen molar-refractivity contribution in [1.29, 1.82) is 0 Å². The van der Waals surface area contributed by atoms with E-state index in [9.17, 15) is 0 Å². The number of nitrogens with one attached hydrogen (secondary N) is 2. The van der Waals surface area contributed by atoms with Crippen molar-refractivity contribution in [2.75, 3.05) is 44.7 Å². The second-order valence-electron chi connectivity index (χ2n) is 8.18.